The van der Waals surface area contributed by atoms with Gasteiger partial charge in [0.15, 0.2) is 0 Å². The molecule has 1 rings (SSSR count). The minimum Gasteiger partial charge on any atom is -0.396 e. The summed E-state index contributed by atoms with van der Waals surface area (Å²) in [4.78, 5) is 2.52. The van der Waals surface area contributed by atoms with Gasteiger partial charge in [0.25, 0.3) is 0 Å². The number of benzene rings is 1. The van der Waals surface area contributed by atoms with E-state index in [2.05, 4.69) is 56.0 Å². The number of nitrogens with zero attached hydrogens (tertiary/aromatic N) is 1. The van der Waals surface area contributed by atoms with Crippen LogP contribution in [0.25, 0.3) is 0 Å². The fourth-order valence-electron chi connectivity index (χ4n) is 2.27. The molecule has 0 spiro atoms. The molecule has 19 heavy (non-hydrogen) atoms. The van der Waals surface area contributed by atoms with Gasteiger partial charge >= 0.3 is 0 Å². The SMILES string of the molecule is CC(C)CCN(Cc1ccccc1)CC(C)CCO. The van der Waals surface area contributed by atoms with Crippen molar-refractivity contribution in [3.63, 3.8) is 0 Å². The highest BCUT2D eigenvalue weighted by Gasteiger charge is 2.11. The third kappa shape index (κ3) is 7.34. The Kier molecular flexibility index (Phi) is 7.76. The zero-order valence-electron chi connectivity index (χ0n) is 12.7. The first-order valence-electron chi connectivity index (χ1n) is 7.49. The molecule has 0 heterocycles. The lowest BCUT2D eigenvalue weighted by Crippen LogP contribution is -2.30. The van der Waals surface area contributed by atoms with Gasteiger partial charge in [0.2, 0.25) is 0 Å². The maximum absolute atomic E-state index is 9.04. The molecule has 108 valence electrons. The van der Waals surface area contributed by atoms with Gasteiger partial charge in [-0.1, -0.05) is 51.1 Å². The molecule has 0 saturated carbocycles. The van der Waals surface area contributed by atoms with Crippen molar-refractivity contribution in [2.75, 3.05) is 19.7 Å². The van der Waals surface area contributed by atoms with E-state index >= 15 is 0 Å². The second-order valence-corrected chi connectivity index (χ2v) is 6.02. The van der Waals surface area contributed by atoms with Crippen LogP contribution in [0.2, 0.25) is 0 Å². The lowest BCUT2D eigenvalue weighted by molar-refractivity contribution is 0.189. The first-order chi connectivity index (χ1) is 9.11. The van der Waals surface area contributed by atoms with Crippen LogP contribution in [0.5, 0.6) is 0 Å². The van der Waals surface area contributed by atoms with E-state index in [0.29, 0.717) is 12.5 Å². The van der Waals surface area contributed by atoms with E-state index in [1.807, 2.05) is 0 Å². The van der Waals surface area contributed by atoms with Crippen molar-refractivity contribution >= 4 is 0 Å². The molecule has 0 aromatic heterocycles. The maximum atomic E-state index is 9.04. The van der Waals surface area contributed by atoms with Crippen LogP contribution in [0.3, 0.4) is 0 Å². The van der Waals surface area contributed by atoms with E-state index in [9.17, 15) is 0 Å². The number of aliphatic hydroxyl groups is 1. The summed E-state index contributed by atoms with van der Waals surface area (Å²) in [5.74, 6) is 1.30. The van der Waals surface area contributed by atoms with E-state index in [1.54, 1.807) is 0 Å². The highest BCUT2D eigenvalue weighted by Crippen LogP contribution is 2.12. The van der Waals surface area contributed by atoms with Crippen LogP contribution in [0.15, 0.2) is 30.3 Å². The molecule has 0 aliphatic heterocycles. The average Bonchev–Trinajstić information content (AvgIpc) is 2.37. The van der Waals surface area contributed by atoms with Crippen molar-refractivity contribution in [3.8, 4) is 0 Å². The van der Waals surface area contributed by atoms with Gasteiger partial charge in [0.1, 0.15) is 0 Å². The fourth-order valence-corrected chi connectivity index (χ4v) is 2.27. The van der Waals surface area contributed by atoms with Crippen LogP contribution in [0, 0.1) is 11.8 Å². The summed E-state index contributed by atoms with van der Waals surface area (Å²) in [5.41, 5.74) is 1.38. The van der Waals surface area contributed by atoms with Gasteiger partial charge in [0.05, 0.1) is 0 Å². The van der Waals surface area contributed by atoms with E-state index in [-0.39, 0.29) is 0 Å². The summed E-state index contributed by atoms with van der Waals surface area (Å²) in [6.45, 7) is 10.3. The largest absolute Gasteiger partial charge is 0.396 e. The molecule has 1 atom stereocenters. The monoisotopic (exact) mass is 263 g/mol. The van der Waals surface area contributed by atoms with Gasteiger partial charge in [0, 0.05) is 19.7 Å². The molecule has 0 radical (unpaired) electrons. The third-order valence-corrected chi connectivity index (χ3v) is 3.46. The lowest BCUT2D eigenvalue weighted by atomic mass is 10.1. The number of hydrogen-bond acceptors (Lipinski definition) is 2. The lowest BCUT2D eigenvalue weighted by Gasteiger charge is -2.26. The quantitative estimate of drug-likeness (QED) is 0.736. The molecule has 0 aliphatic carbocycles. The minimum absolute atomic E-state index is 0.296. The summed E-state index contributed by atoms with van der Waals surface area (Å²) in [5, 5.41) is 9.04. The van der Waals surface area contributed by atoms with Crippen LogP contribution in [0.1, 0.15) is 39.2 Å². The van der Waals surface area contributed by atoms with Crippen molar-refractivity contribution in [2.45, 2.75) is 40.2 Å². The zero-order valence-corrected chi connectivity index (χ0v) is 12.7. The normalized spacial score (nSPS) is 13.2. The second kappa shape index (κ2) is 9.11. The van der Waals surface area contributed by atoms with Crippen LogP contribution in [-0.4, -0.2) is 29.7 Å². The van der Waals surface area contributed by atoms with Crippen molar-refractivity contribution < 1.29 is 5.11 Å². The Labute approximate surface area is 118 Å². The Balaban J connectivity index is 2.53. The molecule has 1 aromatic rings. The number of hydrogen-bond donors (Lipinski definition) is 1. The van der Waals surface area contributed by atoms with Crippen molar-refractivity contribution in [2.24, 2.45) is 11.8 Å². The Morgan fingerprint density at radius 1 is 1.05 bits per heavy atom. The van der Waals surface area contributed by atoms with Crippen molar-refractivity contribution in [3.05, 3.63) is 35.9 Å². The topological polar surface area (TPSA) is 23.5 Å². The van der Waals surface area contributed by atoms with Gasteiger partial charge in [-0.3, -0.25) is 4.90 Å². The van der Waals surface area contributed by atoms with Gasteiger partial charge in [-0.05, 0) is 36.8 Å². The van der Waals surface area contributed by atoms with E-state index < -0.39 is 0 Å². The molecule has 1 unspecified atom stereocenters. The van der Waals surface area contributed by atoms with Crippen molar-refractivity contribution in [1.29, 1.82) is 0 Å². The highest BCUT2D eigenvalue weighted by molar-refractivity contribution is 5.14. The van der Waals surface area contributed by atoms with Gasteiger partial charge < -0.3 is 5.11 Å². The minimum atomic E-state index is 0.296. The van der Waals surface area contributed by atoms with Crippen LogP contribution >= 0.6 is 0 Å². The van der Waals surface area contributed by atoms with E-state index in [1.165, 1.54) is 12.0 Å². The molecule has 0 aliphatic rings. The predicted octanol–water partition coefficient (Wildman–Crippen LogP) is 3.55. The van der Waals surface area contributed by atoms with Crippen molar-refractivity contribution in [1.82, 2.24) is 4.90 Å². The Morgan fingerprint density at radius 2 is 1.74 bits per heavy atom. The van der Waals surface area contributed by atoms with Crippen LogP contribution in [0.4, 0.5) is 0 Å². The second-order valence-electron chi connectivity index (χ2n) is 6.02. The van der Waals surface area contributed by atoms with Crippen LogP contribution in [-0.2, 0) is 6.54 Å². The molecule has 1 N–H and O–H groups in total. The molecule has 2 nitrogen and oxygen atoms in total. The fraction of sp³-hybridized carbons (Fsp3) is 0.647. The molecular formula is C17H29NO. The molecular weight excluding hydrogens is 234 g/mol. The van der Waals surface area contributed by atoms with Gasteiger partial charge in [-0.25, -0.2) is 0 Å². The Morgan fingerprint density at radius 3 is 2.32 bits per heavy atom. The van der Waals surface area contributed by atoms with Gasteiger partial charge in [-0.15, -0.1) is 0 Å². The van der Waals surface area contributed by atoms with Crippen LogP contribution < -0.4 is 0 Å². The first kappa shape index (κ1) is 16.2. The average molecular weight is 263 g/mol. The third-order valence-electron chi connectivity index (χ3n) is 3.46. The summed E-state index contributed by atoms with van der Waals surface area (Å²) < 4.78 is 0. The summed E-state index contributed by atoms with van der Waals surface area (Å²) in [7, 11) is 0. The maximum Gasteiger partial charge on any atom is 0.0434 e. The molecule has 0 saturated heterocycles. The Bertz CT molecular complexity index is 323. The van der Waals surface area contributed by atoms with E-state index in [0.717, 1.165) is 32.0 Å². The summed E-state index contributed by atoms with van der Waals surface area (Å²) in [6, 6.07) is 10.7. The molecule has 1 aromatic carbocycles. The highest BCUT2D eigenvalue weighted by atomic mass is 16.3. The smallest absolute Gasteiger partial charge is 0.0434 e. The molecule has 0 amide bonds. The number of rotatable bonds is 9. The standard InChI is InChI=1S/C17H29NO/c1-15(2)9-11-18(13-16(3)10-12-19)14-17-7-5-4-6-8-17/h4-8,15-16,19H,9-14H2,1-3H3. The summed E-state index contributed by atoms with van der Waals surface area (Å²) in [6.07, 6.45) is 2.13. The first-order valence-corrected chi connectivity index (χ1v) is 7.49. The van der Waals surface area contributed by atoms with E-state index in [4.69, 9.17) is 5.11 Å². The predicted molar refractivity (Wildman–Crippen MR) is 82.0 cm³/mol. The summed E-state index contributed by atoms with van der Waals surface area (Å²) >= 11 is 0. The molecule has 2 heteroatoms. The Hall–Kier alpha value is -0.860. The van der Waals surface area contributed by atoms with Gasteiger partial charge in [-0.2, -0.15) is 0 Å². The zero-order chi connectivity index (χ0) is 14.1. The molecule has 0 bridgehead atoms. The molecule has 0 fully saturated rings. The number of aliphatic hydroxyl groups excluding tert-OH is 1.